The van der Waals surface area contributed by atoms with Crippen molar-refractivity contribution >= 4 is 29.0 Å². The van der Waals surface area contributed by atoms with Gasteiger partial charge in [-0.2, -0.15) is 4.68 Å². The number of carbonyl (C=O) groups excluding carboxylic acids is 1. The molecule has 0 radical (unpaired) electrons. The summed E-state index contributed by atoms with van der Waals surface area (Å²) in [6, 6.07) is 22.4. The maximum atomic E-state index is 13.6. The van der Waals surface area contributed by atoms with Gasteiger partial charge < -0.3 is 0 Å². The molecule has 0 spiro atoms. The second kappa shape index (κ2) is 8.59. The minimum atomic E-state index is 0.00677. The van der Waals surface area contributed by atoms with Crippen LogP contribution in [0.2, 0.25) is 0 Å². The largest absolute Gasteiger partial charge is 0.280 e. The van der Waals surface area contributed by atoms with Crippen molar-refractivity contribution in [3.8, 4) is 5.69 Å². The number of benzene rings is 3. The van der Waals surface area contributed by atoms with Crippen molar-refractivity contribution in [1.82, 2.24) is 20.2 Å². The highest BCUT2D eigenvalue weighted by atomic mass is 32.2. The Morgan fingerprint density at radius 3 is 2.19 bits per heavy atom. The van der Waals surface area contributed by atoms with E-state index in [1.165, 1.54) is 28.5 Å². The lowest BCUT2D eigenvalue weighted by molar-refractivity contribution is -0.115. The molecule has 1 aliphatic rings. The number of aromatic nitrogens is 4. The molecular formula is C25H23N5OS. The SMILES string of the molecule is Cc1cccc(-n2nnnc2SCC(=O)N2c3ccccc3CCc3ccccc32)c1C. The van der Waals surface area contributed by atoms with Gasteiger partial charge in [0.05, 0.1) is 22.8 Å². The van der Waals surface area contributed by atoms with E-state index in [4.69, 9.17) is 0 Å². The van der Waals surface area contributed by atoms with E-state index in [0.29, 0.717) is 5.16 Å². The molecule has 0 bridgehead atoms. The van der Waals surface area contributed by atoms with Crippen LogP contribution in [0.15, 0.2) is 71.9 Å². The monoisotopic (exact) mass is 441 g/mol. The van der Waals surface area contributed by atoms with Crippen molar-refractivity contribution in [2.24, 2.45) is 0 Å². The number of thioether (sulfide) groups is 1. The summed E-state index contributed by atoms with van der Waals surface area (Å²) in [4.78, 5) is 15.4. The van der Waals surface area contributed by atoms with Crippen LogP contribution in [0.1, 0.15) is 22.3 Å². The average molecular weight is 442 g/mol. The summed E-state index contributed by atoms with van der Waals surface area (Å²) in [7, 11) is 0. The Labute approximate surface area is 191 Å². The molecule has 32 heavy (non-hydrogen) atoms. The number of hydrogen-bond acceptors (Lipinski definition) is 5. The average Bonchev–Trinajstić information content (AvgIpc) is 3.21. The fraction of sp³-hybridized carbons (Fsp3) is 0.200. The number of fused-ring (bicyclic) bond motifs is 2. The summed E-state index contributed by atoms with van der Waals surface area (Å²) in [6.45, 7) is 4.12. The number of aryl methyl sites for hydroxylation is 3. The van der Waals surface area contributed by atoms with Crippen molar-refractivity contribution in [2.75, 3.05) is 10.7 Å². The Morgan fingerprint density at radius 2 is 1.50 bits per heavy atom. The smallest absolute Gasteiger partial charge is 0.242 e. The standard InChI is InChI=1S/C25H23N5OS/c1-17-8-7-13-21(18(17)2)30-25(26-27-28-30)32-16-24(31)29-22-11-5-3-9-19(22)14-15-20-10-4-6-12-23(20)29/h3-13H,14-16H2,1-2H3. The number of hydrogen-bond donors (Lipinski definition) is 0. The van der Waals surface area contributed by atoms with Crippen LogP contribution < -0.4 is 4.90 Å². The Bertz CT molecular complexity index is 1250. The van der Waals surface area contributed by atoms with Gasteiger partial charge in [-0.1, -0.05) is 60.3 Å². The highest BCUT2D eigenvalue weighted by Gasteiger charge is 2.26. The first kappa shape index (κ1) is 20.5. The van der Waals surface area contributed by atoms with E-state index in [2.05, 4.69) is 47.6 Å². The molecule has 1 aliphatic heterocycles. The van der Waals surface area contributed by atoms with Crippen LogP contribution in [-0.2, 0) is 17.6 Å². The molecule has 4 aromatic rings. The van der Waals surface area contributed by atoms with Gasteiger partial charge in [0.25, 0.3) is 0 Å². The third-order valence-electron chi connectivity index (χ3n) is 5.95. The molecule has 1 amide bonds. The van der Waals surface area contributed by atoms with Crippen LogP contribution in [0.4, 0.5) is 11.4 Å². The summed E-state index contributed by atoms with van der Waals surface area (Å²) in [6.07, 6.45) is 1.82. The van der Waals surface area contributed by atoms with E-state index < -0.39 is 0 Å². The second-order valence-electron chi connectivity index (χ2n) is 7.87. The molecule has 5 rings (SSSR count). The van der Waals surface area contributed by atoms with Gasteiger partial charge in [0.15, 0.2) is 0 Å². The van der Waals surface area contributed by atoms with Crippen molar-refractivity contribution in [1.29, 1.82) is 0 Å². The molecule has 7 heteroatoms. The first-order chi connectivity index (χ1) is 15.6. The minimum Gasteiger partial charge on any atom is -0.280 e. The number of nitrogens with zero attached hydrogens (tertiary/aromatic N) is 5. The van der Waals surface area contributed by atoms with Crippen molar-refractivity contribution < 1.29 is 4.79 Å². The number of rotatable bonds is 4. The summed E-state index contributed by atoms with van der Waals surface area (Å²) in [5, 5.41) is 12.8. The molecule has 0 unspecified atom stereocenters. The van der Waals surface area contributed by atoms with Crippen LogP contribution in [0.5, 0.6) is 0 Å². The van der Waals surface area contributed by atoms with Crippen LogP contribution in [-0.4, -0.2) is 31.9 Å². The summed E-state index contributed by atoms with van der Waals surface area (Å²) < 4.78 is 1.71. The number of tetrazole rings is 1. The van der Waals surface area contributed by atoms with Crippen molar-refractivity contribution in [3.05, 3.63) is 89.0 Å². The predicted octanol–water partition coefficient (Wildman–Crippen LogP) is 4.83. The molecule has 1 aromatic heterocycles. The van der Waals surface area contributed by atoms with Crippen LogP contribution in [0, 0.1) is 13.8 Å². The zero-order chi connectivity index (χ0) is 22.1. The maximum absolute atomic E-state index is 13.6. The fourth-order valence-corrected chi connectivity index (χ4v) is 4.86. The second-order valence-corrected chi connectivity index (χ2v) is 8.81. The van der Waals surface area contributed by atoms with Gasteiger partial charge in [-0.15, -0.1) is 5.10 Å². The number of carbonyl (C=O) groups is 1. The molecule has 2 heterocycles. The van der Waals surface area contributed by atoms with E-state index >= 15 is 0 Å². The van der Waals surface area contributed by atoms with Gasteiger partial charge in [0.2, 0.25) is 11.1 Å². The summed E-state index contributed by atoms with van der Waals surface area (Å²) in [5.74, 6) is 0.237. The third-order valence-corrected chi connectivity index (χ3v) is 6.85. The Hall–Kier alpha value is -3.45. The number of anilines is 2. The molecule has 0 N–H and O–H groups in total. The van der Waals surface area contributed by atoms with Crippen LogP contribution >= 0.6 is 11.8 Å². The molecule has 0 saturated heterocycles. The normalized spacial score (nSPS) is 12.8. The molecule has 6 nitrogen and oxygen atoms in total. The number of para-hydroxylation sites is 2. The number of amides is 1. The fourth-order valence-electron chi connectivity index (χ4n) is 4.12. The molecule has 0 aliphatic carbocycles. The van der Waals surface area contributed by atoms with Crippen molar-refractivity contribution in [3.63, 3.8) is 0 Å². The van der Waals surface area contributed by atoms with E-state index in [1.807, 2.05) is 53.4 Å². The Morgan fingerprint density at radius 1 is 0.875 bits per heavy atom. The van der Waals surface area contributed by atoms with E-state index in [0.717, 1.165) is 35.5 Å². The first-order valence-electron chi connectivity index (χ1n) is 10.6. The van der Waals surface area contributed by atoms with E-state index in [-0.39, 0.29) is 11.7 Å². The molecule has 0 saturated carbocycles. The van der Waals surface area contributed by atoms with Gasteiger partial charge >= 0.3 is 0 Å². The molecule has 160 valence electrons. The van der Waals surface area contributed by atoms with E-state index in [1.54, 1.807) is 4.68 Å². The van der Waals surface area contributed by atoms with Crippen molar-refractivity contribution in [2.45, 2.75) is 31.8 Å². The highest BCUT2D eigenvalue weighted by molar-refractivity contribution is 7.99. The quantitative estimate of drug-likeness (QED) is 0.424. The van der Waals surface area contributed by atoms with E-state index in [9.17, 15) is 4.79 Å². The minimum absolute atomic E-state index is 0.00677. The lowest BCUT2D eigenvalue weighted by Gasteiger charge is -2.24. The van der Waals surface area contributed by atoms with Gasteiger partial charge in [-0.05, 0) is 77.6 Å². The third kappa shape index (κ3) is 3.69. The van der Waals surface area contributed by atoms with Gasteiger partial charge in [-0.3, -0.25) is 9.69 Å². The van der Waals surface area contributed by atoms with Gasteiger partial charge in [0, 0.05) is 0 Å². The zero-order valence-electron chi connectivity index (χ0n) is 18.0. The topological polar surface area (TPSA) is 63.9 Å². The van der Waals surface area contributed by atoms with Crippen LogP contribution in [0.25, 0.3) is 5.69 Å². The molecule has 0 atom stereocenters. The Kier molecular flexibility index (Phi) is 5.49. The Balaban J connectivity index is 1.45. The maximum Gasteiger partial charge on any atom is 0.242 e. The van der Waals surface area contributed by atoms with Crippen LogP contribution in [0.3, 0.4) is 0 Å². The lowest BCUT2D eigenvalue weighted by Crippen LogP contribution is -2.28. The first-order valence-corrected chi connectivity index (χ1v) is 11.6. The summed E-state index contributed by atoms with van der Waals surface area (Å²) in [5.41, 5.74) is 7.49. The molecule has 3 aromatic carbocycles. The molecular weight excluding hydrogens is 418 g/mol. The highest BCUT2D eigenvalue weighted by Crippen LogP contribution is 2.36. The predicted molar refractivity (Wildman–Crippen MR) is 127 cm³/mol. The lowest BCUT2D eigenvalue weighted by atomic mass is 10.0. The van der Waals surface area contributed by atoms with Gasteiger partial charge in [0.1, 0.15) is 0 Å². The molecule has 0 fully saturated rings. The van der Waals surface area contributed by atoms with Gasteiger partial charge in [-0.25, -0.2) is 0 Å². The zero-order valence-corrected chi connectivity index (χ0v) is 18.8. The summed E-state index contributed by atoms with van der Waals surface area (Å²) >= 11 is 1.36.